The molecule has 0 atom stereocenters. The van der Waals surface area contributed by atoms with Crippen molar-refractivity contribution in [2.75, 3.05) is 6.16 Å². The number of fused-ring (bicyclic) bond motifs is 1. The first kappa shape index (κ1) is 27.1. The third-order valence-corrected chi connectivity index (χ3v) is 18.5. The second kappa shape index (κ2) is 9.93. The summed E-state index contributed by atoms with van der Waals surface area (Å²) in [5, 5.41) is 1.08. The summed E-state index contributed by atoms with van der Waals surface area (Å²) in [6, 6.07) is 40.5. The average molecular weight is 584 g/mol. The van der Waals surface area contributed by atoms with Gasteiger partial charge in [-0.2, -0.15) is 0 Å². The first-order chi connectivity index (χ1) is 18.1. The van der Waals surface area contributed by atoms with Gasteiger partial charge >= 0.3 is 239 Å². The number of hydrogen-bond donors (Lipinski definition) is 0. The predicted octanol–water partition coefficient (Wildman–Crippen LogP) is 9.28. The standard InChI is InChI=1S/C36H40BrP/c1-28(29-21-22-33-34(27-29)36(4,5)25-24-35(33,2)3)23-26-38(37,30-15-9-6-10-16-30,31-17-11-7-12-18-31)32-19-13-8-14-20-32/h6-23,27H,24-26H2,1-5H3. The van der Waals surface area contributed by atoms with E-state index < -0.39 is 5.31 Å². The third-order valence-electron chi connectivity index (χ3n) is 8.93. The van der Waals surface area contributed by atoms with Crippen molar-refractivity contribution < 1.29 is 0 Å². The molecule has 0 heterocycles. The van der Waals surface area contributed by atoms with Gasteiger partial charge in [-0.1, -0.05) is 0 Å². The maximum atomic E-state index is 4.60. The van der Waals surface area contributed by atoms with Gasteiger partial charge in [0.05, 0.1) is 0 Å². The maximum absolute atomic E-state index is 4.60. The molecule has 0 radical (unpaired) electrons. The predicted molar refractivity (Wildman–Crippen MR) is 174 cm³/mol. The Labute approximate surface area is 237 Å². The third kappa shape index (κ3) is 4.53. The summed E-state index contributed by atoms with van der Waals surface area (Å²) in [6.07, 6.45) is 5.86. The normalized spacial score (nSPS) is 17.7. The van der Waals surface area contributed by atoms with E-state index in [2.05, 4.69) is 165 Å². The molecule has 0 saturated carbocycles. The number of benzene rings is 4. The van der Waals surface area contributed by atoms with Crippen molar-refractivity contribution in [1.29, 1.82) is 0 Å². The molecule has 4 aromatic rings. The van der Waals surface area contributed by atoms with Gasteiger partial charge in [-0.3, -0.25) is 0 Å². The van der Waals surface area contributed by atoms with Crippen LogP contribution >= 0.6 is 20.8 Å². The SMILES string of the molecule is CC(=CCP(Br)(c1ccccc1)(c1ccccc1)c1ccccc1)c1ccc2c(c1)C(C)(C)CCC2(C)C. The van der Waals surface area contributed by atoms with E-state index in [4.69, 9.17) is 0 Å². The zero-order valence-electron chi connectivity index (χ0n) is 23.4. The molecule has 0 bridgehead atoms. The summed E-state index contributed by atoms with van der Waals surface area (Å²) in [4.78, 5) is 0. The van der Waals surface area contributed by atoms with Gasteiger partial charge < -0.3 is 0 Å². The van der Waals surface area contributed by atoms with Gasteiger partial charge in [0.15, 0.2) is 0 Å². The van der Waals surface area contributed by atoms with Crippen molar-refractivity contribution >= 4 is 42.3 Å². The van der Waals surface area contributed by atoms with Crippen LogP contribution in [0.1, 0.15) is 64.2 Å². The number of hydrogen-bond acceptors (Lipinski definition) is 0. The minimum absolute atomic E-state index is 0.202. The number of allylic oxidation sites excluding steroid dienone is 2. The van der Waals surface area contributed by atoms with E-state index in [9.17, 15) is 0 Å². The molecule has 1 aliphatic carbocycles. The van der Waals surface area contributed by atoms with Gasteiger partial charge in [0.25, 0.3) is 0 Å². The topological polar surface area (TPSA) is 0 Å². The van der Waals surface area contributed by atoms with E-state index in [0.29, 0.717) is 0 Å². The van der Waals surface area contributed by atoms with Crippen LogP contribution in [0.2, 0.25) is 0 Å². The average Bonchev–Trinajstić information content (AvgIpc) is 2.95. The summed E-state index contributed by atoms with van der Waals surface area (Å²) >= 11 is 4.60. The number of halogens is 1. The van der Waals surface area contributed by atoms with Crippen LogP contribution in [0, 0.1) is 0 Å². The van der Waals surface area contributed by atoms with Gasteiger partial charge in [-0.25, -0.2) is 0 Å². The summed E-state index contributed by atoms with van der Waals surface area (Å²) in [5.41, 5.74) is 6.14. The Morgan fingerprint density at radius 2 is 1.08 bits per heavy atom. The fraction of sp³-hybridized carbons (Fsp3) is 0.278. The molecule has 0 fully saturated rings. The van der Waals surface area contributed by atoms with E-state index >= 15 is 0 Å². The quantitative estimate of drug-likeness (QED) is 0.199. The molecule has 0 amide bonds. The van der Waals surface area contributed by atoms with E-state index in [0.717, 1.165) is 6.16 Å². The van der Waals surface area contributed by atoms with Gasteiger partial charge in [-0.15, -0.1) is 0 Å². The van der Waals surface area contributed by atoms with Gasteiger partial charge in [0.1, 0.15) is 0 Å². The summed E-state index contributed by atoms with van der Waals surface area (Å²) < 4.78 is 0. The molecule has 0 nitrogen and oxygen atoms in total. The van der Waals surface area contributed by atoms with Gasteiger partial charge in [-0.05, 0) is 0 Å². The van der Waals surface area contributed by atoms with Crippen molar-refractivity contribution in [2.24, 2.45) is 0 Å². The van der Waals surface area contributed by atoms with Crippen molar-refractivity contribution in [1.82, 2.24) is 0 Å². The van der Waals surface area contributed by atoms with Crippen molar-refractivity contribution in [2.45, 2.75) is 58.3 Å². The summed E-state index contributed by atoms with van der Waals surface area (Å²) in [7, 11) is 0. The van der Waals surface area contributed by atoms with Gasteiger partial charge in [0, 0.05) is 0 Å². The van der Waals surface area contributed by atoms with Crippen molar-refractivity contribution in [3.05, 3.63) is 132 Å². The summed E-state index contributed by atoms with van der Waals surface area (Å²) in [5.74, 6) is 0. The minimum atomic E-state index is -2.98. The van der Waals surface area contributed by atoms with Crippen LogP contribution in [0.3, 0.4) is 0 Å². The zero-order chi connectivity index (χ0) is 27.0. The molecule has 0 spiro atoms. The van der Waals surface area contributed by atoms with Crippen LogP contribution in [0.15, 0.2) is 115 Å². The van der Waals surface area contributed by atoms with Crippen LogP contribution in [-0.2, 0) is 10.8 Å². The molecule has 1 aliphatic rings. The molecule has 196 valence electrons. The second-order valence-corrected chi connectivity index (χ2v) is 21.3. The van der Waals surface area contributed by atoms with E-state index in [1.54, 1.807) is 0 Å². The zero-order valence-corrected chi connectivity index (χ0v) is 25.9. The Morgan fingerprint density at radius 1 is 0.658 bits per heavy atom. The second-order valence-electron chi connectivity index (χ2n) is 12.3. The fourth-order valence-corrected chi connectivity index (χ4v) is 13.3. The van der Waals surface area contributed by atoms with Gasteiger partial charge in [0.2, 0.25) is 0 Å². The first-order valence-electron chi connectivity index (χ1n) is 13.8. The molecule has 0 aromatic heterocycles. The molecule has 38 heavy (non-hydrogen) atoms. The summed E-state index contributed by atoms with van der Waals surface area (Å²) in [6.45, 7) is 11.9. The van der Waals surface area contributed by atoms with Crippen LogP contribution < -0.4 is 15.9 Å². The molecule has 5 rings (SSSR count). The molecule has 0 N–H and O–H groups in total. The van der Waals surface area contributed by atoms with Crippen molar-refractivity contribution in [3.8, 4) is 0 Å². The van der Waals surface area contributed by atoms with Crippen LogP contribution in [-0.4, -0.2) is 6.16 Å². The van der Waals surface area contributed by atoms with Crippen LogP contribution in [0.25, 0.3) is 5.57 Å². The molecule has 0 saturated heterocycles. The molecule has 0 aliphatic heterocycles. The first-order valence-corrected chi connectivity index (χ1v) is 18.2. The fourth-order valence-electron chi connectivity index (χ4n) is 6.24. The molecular weight excluding hydrogens is 543 g/mol. The number of rotatable bonds is 6. The molecule has 4 aromatic carbocycles. The van der Waals surface area contributed by atoms with Crippen LogP contribution in [0.4, 0.5) is 0 Å². The molecular formula is C36H40BrP. The van der Waals surface area contributed by atoms with Crippen molar-refractivity contribution in [3.63, 3.8) is 0 Å². The Morgan fingerprint density at radius 3 is 1.53 bits per heavy atom. The van der Waals surface area contributed by atoms with E-state index in [1.807, 2.05) is 0 Å². The monoisotopic (exact) mass is 582 g/mol. The Bertz CT molecular complexity index is 1350. The molecule has 0 unspecified atom stereocenters. The van der Waals surface area contributed by atoms with E-state index in [1.165, 1.54) is 51.0 Å². The van der Waals surface area contributed by atoms with Crippen LogP contribution in [0.5, 0.6) is 0 Å². The van der Waals surface area contributed by atoms with E-state index in [-0.39, 0.29) is 10.8 Å². The molecule has 2 heteroatoms. The Balaban J connectivity index is 1.68. The Hall–Kier alpha value is -2.47. The Kier molecular flexibility index (Phi) is 7.08.